The lowest BCUT2D eigenvalue weighted by molar-refractivity contribution is 0.101. The molecule has 1 unspecified atom stereocenters. The Morgan fingerprint density at radius 1 is 1.08 bits per heavy atom. The minimum Gasteiger partial charge on any atom is -0.295 e. The largest absolute Gasteiger partial charge is 0.295 e. The molecule has 0 aliphatic carbocycles. The summed E-state index contributed by atoms with van der Waals surface area (Å²) in [4.78, 5) is 11.7. The molecule has 1 atom stereocenters. The molecule has 0 bridgehead atoms. The number of Topliss-reactive ketones (excluding diaryl/α,β-unsaturated/α-hetero) is 1. The van der Waals surface area contributed by atoms with Crippen molar-refractivity contribution in [3.63, 3.8) is 0 Å². The number of allylic oxidation sites excluding steroid dienone is 2. The van der Waals surface area contributed by atoms with Gasteiger partial charge in [-0.15, -0.1) is 0 Å². The molecule has 2 aromatic rings. The van der Waals surface area contributed by atoms with Crippen molar-refractivity contribution < 1.29 is 4.79 Å². The van der Waals surface area contributed by atoms with E-state index in [9.17, 15) is 4.79 Å². The lowest BCUT2D eigenvalue weighted by Gasteiger charge is -2.27. The maximum Gasteiger partial charge on any atom is 0.160 e. The summed E-state index contributed by atoms with van der Waals surface area (Å²) >= 11 is 5.00. The molecule has 0 aliphatic rings. The van der Waals surface area contributed by atoms with Crippen LogP contribution in [0.3, 0.4) is 0 Å². The Balaban J connectivity index is 2.36. The molecule has 0 saturated carbocycles. The highest BCUT2D eigenvalue weighted by atomic mass is 32.1. The van der Waals surface area contributed by atoms with E-state index in [-0.39, 0.29) is 10.5 Å². The number of thiol groups is 1. The van der Waals surface area contributed by atoms with Crippen LogP contribution in [0.15, 0.2) is 42.5 Å². The van der Waals surface area contributed by atoms with Gasteiger partial charge in [-0.05, 0) is 70.2 Å². The van der Waals surface area contributed by atoms with Gasteiger partial charge in [0.1, 0.15) is 0 Å². The van der Waals surface area contributed by atoms with E-state index in [2.05, 4.69) is 58.0 Å². The first-order valence-corrected chi connectivity index (χ1v) is 9.17. The number of hydrogen-bond donors (Lipinski definition) is 1. The zero-order valence-corrected chi connectivity index (χ0v) is 17.0. The molecule has 0 radical (unpaired) electrons. The minimum absolute atomic E-state index is 0.111. The average Bonchev–Trinajstić information content (AvgIpc) is 2.51. The highest BCUT2D eigenvalue weighted by molar-refractivity contribution is 7.81. The monoisotopic (exact) mass is 352 g/mol. The molecule has 0 fully saturated rings. The zero-order chi connectivity index (χ0) is 18.8. The maximum atomic E-state index is 11.7. The average molecular weight is 353 g/mol. The molecule has 0 aliphatic heterocycles. The van der Waals surface area contributed by atoms with Crippen LogP contribution >= 0.6 is 12.6 Å². The highest BCUT2D eigenvalue weighted by Gasteiger charge is 2.24. The van der Waals surface area contributed by atoms with Crippen molar-refractivity contribution >= 4 is 24.0 Å². The van der Waals surface area contributed by atoms with Crippen LogP contribution in [-0.4, -0.2) is 5.78 Å². The third-order valence-electron chi connectivity index (χ3n) is 4.70. The van der Waals surface area contributed by atoms with E-state index in [1.54, 1.807) is 6.92 Å². The van der Waals surface area contributed by atoms with Gasteiger partial charge in [-0.2, -0.15) is 12.6 Å². The first-order chi connectivity index (χ1) is 11.6. The molecular formula is C23H28OS. The van der Waals surface area contributed by atoms with Crippen molar-refractivity contribution in [1.82, 2.24) is 0 Å². The molecule has 1 nitrogen and oxygen atoms in total. The molecular weight excluding hydrogens is 324 g/mol. The zero-order valence-electron chi connectivity index (χ0n) is 16.1. The third kappa shape index (κ3) is 4.64. The van der Waals surface area contributed by atoms with Crippen molar-refractivity contribution in [3.8, 4) is 0 Å². The summed E-state index contributed by atoms with van der Waals surface area (Å²) in [5.74, 6) is 0.111. The van der Waals surface area contributed by atoms with Crippen LogP contribution in [0.25, 0.3) is 5.57 Å². The number of ketones is 1. The second-order valence-electron chi connectivity index (χ2n) is 7.23. The Morgan fingerprint density at radius 3 is 2.16 bits per heavy atom. The van der Waals surface area contributed by atoms with E-state index in [0.717, 1.165) is 23.1 Å². The lowest BCUT2D eigenvalue weighted by atomic mass is 9.87. The Bertz CT molecular complexity index is 808. The van der Waals surface area contributed by atoms with Gasteiger partial charge in [0, 0.05) is 10.3 Å². The molecule has 0 amide bonds. The van der Waals surface area contributed by atoms with E-state index in [1.165, 1.54) is 22.3 Å². The Kier molecular flexibility index (Phi) is 5.95. The van der Waals surface area contributed by atoms with Gasteiger partial charge in [0.25, 0.3) is 0 Å². The Morgan fingerprint density at radius 2 is 1.68 bits per heavy atom. The molecule has 0 N–H and O–H groups in total. The van der Waals surface area contributed by atoms with Crippen molar-refractivity contribution in [3.05, 3.63) is 75.9 Å². The number of carbonyl (C=O) groups excluding carboxylic acids is 1. The van der Waals surface area contributed by atoms with E-state index in [1.807, 2.05) is 19.1 Å². The van der Waals surface area contributed by atoms with E-state index in [0.29, 0.717) is 0 Å². The van der Waals surface area contributed by atoms with Crippen LogP contribution < -0.4 is 0 Å². The van der Waals surface area contributed by atoms with Crippen LogP contribution in [0.5, 0.6) is 0 Å². The summed E-state index contributed by atoms with van der Waals surface area (Å²) < 4.78 is -0.258. The second-order valence-corrected chi connectivity index (χ2v) is 8.21. The van der Waals surface area contributed by atoms with Gasteiger partial charge in [0.05, 0.1) is 0 Å². The first kappa shape index (κ1) is 19.5. The summed E-state index contributed by atoms with van der Waals surface area (Å²) in [5, 5.41) is 0. The fraction of sp³-hybridized carbons (Fsp3) is 0.348. The van der Waals surface area contributed by atoms with Crippen molar-refractivity contribution in [1.29, 1.82) is 0 Å². The number of hydrogen-bond acceptors (Lipinski definition) is 2. The third-order valence-corrected chi connectivity index (χ3v) is 5.12. The Hall–Kier alpha value is -1.80. The smallest absolute Gasteiger partial charge is 0.160 e. The number of aryl methyl sites for hydroxylation is 3. The SMILES string of the molecule is C/C=C(\CC(C)(S)c1cc(C)cc(C)c1)c1ccc(C(C)=O)c(C)c1. The topological polar surface area (TPSA) is 17.1 Å². The van der Waals surface area contributed by atoms with Crippen molar-refractivity contribution in [2.75, 3.05) is 0 Å². The summed E-state index contributed by atoms with van der Waals surface area (Å²) in [6, 6.07) is 12.7. The quantitative estimate of drug-likeness (QED) is 0.483. The summed E-state index contributed by atoms with van der Waals surface area (Å²) in [6.07, 6.45) is 2.98. The number of rotatable bonds is 5. The fourth-order valence-electron chi connectivity index (χ4n) is 3.39. The predicted octanol–water partition coefficient (Wildman–Crippen LogP) is 6.45. The van der Waals surface area contributed by atoms with Gasteiger partial charge in [-0.25, -0.2) is 0 Å². The minimum atomic E-state index is -0.258. The van der Waals surface area contributed by atoms with Gasteiger partial charge in [-0.1, -0.05) is 53.6 Å². The standard InChI is InChI=1S/C23H28OS/c1-7-19(20-8-9-22(18(5)24)17(4)13-20)14-23(6,25)21-11-15(2)10-16(3)12-21/h7-13,25H,14H2,1-6H3/b19-7+. The predicted molar refractivity (Wildman–Crippen MR) is 112 cm³/mol. The van der Waals surface area contributed by atoms with Crippen LogP contribution in [0.2, 0.25) is 0 Å². The summed E-state index contributed by atoms with van der Waals surface area (Å²) in [6.45, 7) is 12.1. The van der Waals surface area contributed by atoms with Crippen molar-refractivity contribution in [2.45, 2.75) is 52.7 Å². The molecule has 2 heteroatoms. The fourth-order valence-corrected chi connectivity index (χ4v) is 3.69. The van der Waals surface area contributed by atoms with Crippen LogP contribution in [-0.2, 0) is 4.75 Å². The number of benzene rings is 2. The van der Waals surface area contributed by atoms with E-state index in [4.69, 9.17) is 12.6 Å². The molecule has 2 rings (SSSR count). The summed E-state index contributed by atoms with van der Waals surface area (Å²) in [5.41, 5.74) is 7.99. The first-order valence-electron chi connectivity index (χ1n) is 8.72. The lowest BCUT2D eigenvalue weighted by Crippen LogP contribution is -2.15. The Labute approximate surface area is 157 Å². The molecule has 2 aromatic carbocycles. The van der Waals surface area contributed by atoms with Gasteiger partial charge >= 0.3 is 0 Å². The van der Waals surface area contributed by atoms with Gasteiger partial charge < -0.3 is 0 Å². The molecule has 25 heavy (non-hydrogen) atoms. The molecule has 132 valence electrons. The highest BCUT2D eigenvalue weighted by Crippen LogP contribution is 2.38. The summed E-state index contributed by atoms with van der Waals surface area (Å²) in [7, 11) is 0. The van der Waals surface area contributed by atoms with Crippen LogP contribution in [0.4, 0.5) is 0 Å². The normalized spacial score (nSPS) is 14.3. The molecule has 0 heterocycles. The second kappa shape index (κ2) is 7.61. The van der Waals surface area contributed by atoms with Gasteiger partial charge in [0.15, 0.2) is 5.78 Å². The van der Waals surface area contributed by atoms with E-state index >= 15 is 0 Å². The van der Waals surface area contributed by atoms with E-state index < -0.39 is 0 Å². The van der Waals surface area contributed by atoms with Gasteiger partial charge in [-0.3, -0.25) is 4.79 Å². The van der Waals surface area contributed by atoms with Gasteiger partial charge in [0.2, 0.25) is 0 Å². The maximum absolute atomic E-state index is 11.7. The number of carbonyl (C=O) groups is 1. The molecule has 0 saturated heterocycles. The van der Waals surface area contributed by atoms with Crippen LogP contribution in [0, 0.1) is 20.8 Å². The molecule has 0 spiro atoms. The van der Waals surface area contributed by atoms with Crippen molar-refractivity contribution in [2.24, 2.45) is 0 Å². The van der Waals surface area contributed by atoms with Crippen LogP contribution in [0.1, 0.15) is 65.4 Å². The molecule has 0 aromatic heterocycles.